The molecule has 1 aliphatic carbocycles. The van der Waals surface area contributed by atoms with Gasteiger partial charge in [0, 0.05) is 13.0 Å². The van der Waals surface area contributed by atoms with Gasteiger partial charge in [-0.05, 0) is 58.9 Å². The fourth-order valence-corrected chi connectivity index (χ4v) is 2.66. The molecule has 1 amide bonds. The third kappa shape index (κ3) is 8.30. The molecule has 3 atom stereocenters. The summed E-state index contributed by atoms with van der Waals surface area (Å²) in [6.45, 7) is 9.40. The van der Waals surface area contributed by atoms with Crippen molar-refractivity contribution in [1.29, 1.82) is 0 Å². The second kappa shape index (κ2) is 9.92. The molecule has 1 aliphatic rings. The van der Waals surface area contributed by atoms with E-state index in [0.717, 1.165) is 5.56 Å². The predicted molar refractivity (Wildman–Crippen MR) is 107 cm³/mol. The van der Waals surface area contributed by atoms with E-state index in [9.17, 15) is 9.59 Å². The van der Waals surface area contributed by atoms with Crippen LogP contribution in [0.4, 0.5) is 4.79 Å². The monoisotopic (exact) mass is 391 g/mol. The Kier molecular flexibility index (Phi) is 7.87. The van der Waals surface area contributed by atoms with Gasteiger partial charge in [-0.3, -0.25) is 0 Å². The van der Waals surface area contributed by atoms with E-state index in [1.807, 2.05) is 37.3 Å². The molecule has 0 heterocycles. The largest absolute Gasteiger partial charge is 0.458 e. The first-order valence-electron chi connectivity index (χ1n) is 9.99. The van der Waals surface area contributed by atoms with Crippen molar-refractivity contribution in [2.45, 2.75) is 77.7 Å². The average Bonchev–Trinajstić information content (AvgIpc) is 3.41. The van der Waals surface area contributed by atoms with Gasteiger partial charge in [0.2, 0.25) is 0 Å². The van der Waals surface area contributed by atoms with Crippen LogP contribution in [0, 0.1) is 5.92 Å². The molecule has 28 heavy (non-hydrogen) atoms. The molecule has 0 spiro atoms. The van der Waals surface area contributed by atoms with Crippen molar-refractivity contribution in [3.8, 4) is 0 Å². The number of carbonyl (C=O) groups is 2. The smallest absolute Gasteiger partial charge is 0.408 e. The van der Waals surface area contributed by atoms with Gasteiger partial charge >= 0.3 is 12.1 Å². The van der Waals surface area contributed by atoms with E-state index < -0.39 is 29.8 Å². The first-order chi connectivity index (χ1) is 13.1. The number of hydrogen-bond donors (Lipinski definition) is 1. The quantitative estimate of drug-likeness (QED) is 0.647. The van der Waals surface area contributed by atoms with Crippen LogP contribution in [0.25, 0.3) is 0 Å². The van der Waals surface area contributed by atoms with Crippen LogP contribution in [-0.4, -0.2) is 42.5 Å². The average molecular weight is 392 g/mol. The lowest BCUT2D eigenvalue weighted by Gasteiger charge is -2.26. The Labute approximate surface area is 167 Å². The summed E-state index contributed by atoms with van der Waals surface area (Å²) in [5.41, 5.74) is 0.504. The van der Waals surface area contributed by atoms with E-state index >= 15 is 0 Å². The Hall–Kier alpha value is -2.08. The van der Waals surface area contributed by atoms with E-state index in [2.05, 4.69) is 5.32 Å². The van der Waals surface area contributed by atoms with Gasteiger partial charge < -0.3 is 19.5 Å². The van der Waals surface area contributed by atoms with Gasteiger partial charge in [0.25, 0.3) is 0 Å². The lowest BCUT2D eigenvalue weighted by molar-refractivity contribution is -0.158. The van der Waals surface area contributed by atoms with Crippen LogP contribution in [0.2, 0.25) is 0 Å². The van der Waals surface area contributed by atoms with Crippen LogP contribution in [-0.2, 0) is 25.4 Å². The highest BCUT2D eigenvalue weighted by atomic mass is 16.6. The summed E-state index contributed by atoms with van der Waals surface area (Å²) in [4.78, 5) is 24.3. The Morgan fingerprint density at radius 3 is 2.36 bits per heavy atom. The van der Waals surface area contributed by atoms with Crippen molar-refractivity contribution in [2.24, 2.45) is 5.92 Å². The minimum Gasteiger partial charge on any atom is -0.458 e. The van der Waals surface area contributed by atoms with Crippen molar-refractivity contribution in [3.63, 3.8) is 0 Å². The topological polar surface area (TPSA) is 73.9 Å². The molecule has 2 rings (SSSR count). The zero-order valence-electron chi connectivity index (χ0n) is 17.6. The van der Waals surface area contributed by atoms with Crippen molar-refractivity contribution in [2.75, 3.05) is 6.61 Å². The zero-order valence-corrected chi connectivity index (χ0v) is 17.6. The summed E-state index contributed by atoms with van der Waals surface area (Å²) < 4.78 is 16.8. The molecule has 156 valence electrons. The van der Waals surface area contributed by atoms with Crippen molar-refractivity contribution in [1.82, 2.24) is 5.32 Å². The first kappa shape index (κ1) is 22.2. The first-order valence-corrected chi connectivity index (χ1v) is 9.99. The lowest BCUT2D eigenvalue weighted by Crippen LogP contribution is -2.44. The summed E-state index contributed by atoms with van der Waals surface area (Å²) in [7, 11) is 0. The van der Waals surface area contributed by atoms with Gasteiger partial charge in [-0.1, -0.05) is 30.3 Å². The summed E-state index contributed by atoms with van der Waals surface area (Å²) in [6, 6.07) is 9.20. The molecule has 0 unspecified atom stereocenters. The molecule has 1 saturated carbocycles. The van der Waals surface area contributed by atoms with Crippen LogP contribution in [0.15, 0.2) is 30.3 Å². The highest BCUT2D eigenvalue weighted by Crippen LogP contribution is 2.30. The van der Waals surface area contributed by atoms with Gasteiger partial charge in [-0.15, -0.1) is 0 Å². The number of alkyl carbamates (subject to hydrolysis) is 1. The number of hydrogen-bond acceptors (Lipinski definition) is 5. The summed E-state index contributed by atoms with van der Waals surface area (Å²) in [6.07, 6.45) is 1.74. The minimum absolute atomic E-state index is 0.235. The third-order valence-corrected chi connectivity index (χ3v) is 4.44. The van der Waals surface area contributed by atoms with Crippen molar-refractivity contribution < 1.29 is 23.8 Å². The van der Waals surface area contributed by atoms with Crippen LogP contribution in [0.5, 0.6) is 0 Å². The molecule has 6 nitrogen and oxygen atoms in total. The summed E-state index contributed by atoms with van der Waals surface area (Å²) in [5.74, 6) is 0.111. The zero-order chi connectivity index (χ0) is 20.7. The molecule has 0 radical (unpaired) electrons. The molecule has 1 N–H and O–H groups in total. The van der Waals surface area contributed by atoms with Gasteiger partial charge in [0.1, 0.15) is 17.7 Å². The van der Waals surface area contributed by atoms with Crippen molar-refractivity contribution >= 4 is 12.1 Å². The molecule has 6 heteroatoms. The fraction of sp³-hybridized carbons (Fsp3) is 0.636. The predicted octanol–water partition coefficient (Wildman–Crippen LogP) is 3.87. The lowest BCUT2D eigenvalue weighted by atomic mass is 10.0. The second-order valence-electron chi connectivity index (χ2n) is 8.51. The molecule has 1 fully saturated rings. The molecular weight excluding hydrogens is 358 g/mol. The number of esters is 1. The number of ether oxygens (including phenoxy) is 3. The maximum atomic E-state index is 12.4. The molecule has 0 bridgehead atoms. The maximum Gasteiger partial charge on any atom is 0.408 e. The molecule has 1 aromatic carbocycles. The molecule has 0 aliphatic heterocycles. The normalized spacial score (nSPS) is 17.3. The van der Waals surface area contributed by atoms with Gasteiger partial charge in [-0.2, -0.15) is 0 Å². The summed E-state index contributed by atoms with van der Waals surface area (Å²) >= 11 is 0. The van der Waals surface area contributed by atoms with Crippen LogP contribution < -0.4 is 5.32 Å². The number of nitrogens with one attached hydrogen (secondary N) is 1. The SMILES string of the molecule is C[C@H](NC(=O)OC(C)(C)C)C(=O)O[C@@H](C)[C@@H](Cc1ccccc1)OCC1CC1. The van der Waals surface area contributed by atoms with Crippen LogP contribution in [0.3, 0.4) is 0 Å². The maximum absolute atomic E-state index is 12.4. The third-order valence-electron chi connectivity index (χ3n) is 4.44. The van der Waals surface area contributed by atoms with Crippen LogP contribution in [0.1, 0.15) is 53.0 Å². The Morgan fingerprint density at radius 1 is 1.14 bits per heavy atom. The van der Waals surface area contributed by atoms with E-state index in [-0.39, 0.29) is 6.10 Å². The summed E-state index contributed by atoms with van der Waals surface area (Å²) in [5, 5.41) is 2.51. The number of benzene rings is 1. The van der Waals surface area contributed by atoms with Gasteiger partial charge in [0.15, 0.2) is 0 Å². The molecule has 0 saturated heterocycles. The van der Waals surface area contributed by atoms with E-state index in [1.54, 1.807) is 27.7 Å². The number of rotatable bonds is 9. The highest BCUT2D eigenvalue weighted by molar-refractivity contribution is 5.81. The van der Waals surface area contributed by atoms with Crippen molar-refractivity contribution in [3.05, 3.63) is 35.9 Å². The van der Waals surface area contributed by atoms with E-state index in [0.29, 0.717) is 18.9 Å². The molecule has 0 aromatic heterocycles. The van der Waals surface area contributed by atoms with Gasteiger partial charge in [0.05, 0.1) is 6.10 Å². The highest BCUT2D eigenvalue weighted by Gasteiger charge is 2.29. The molecule has 1 aromatic rings. The second-order valence-corrected chi connectivity index (χ2v) is 8.51. The Morgan fingerprint density at radius 2 is 1.79 bits per heavy atom. The molecular formula is C22H33NO5. The van der Waals surface area contributed by atoms with E-state index in [1.165, 1.54) is 12.8 Å². The minimum atomic E-state index is -0.807. The Balaban J connectivity index is 1.89. The van der Waals surface area contributed by atoms with E-state index in [4.69, 9.17) is 14.2 Å². The Bertz CT molecular complexity index is 636. The fourth-order valence-electron chi connectivity index (χ4n) is 2.66. The number of amides is 1. The van der Waals surface area contributed by atoms with Crippen LogP contribution >= 0.6 is 0 Å². The standard InChI is InChI=1S/C22H33NO5/c1-15(23-21(25)28-22(3,4)5)20(24)27-16(2)19(26-14-18-11-12-18)13-17-9-7-6-8-10-17/h6-10,15-16,18-19H,11-14H2,1-5H3,(H,23,25)/t15-,16-,19+/m0/s1. The van der Waals surface area contributed by atoms with Gasteiger partial charge in [-0.25, -0.2) is 9.59 Å². The number of carbonyl (C=O) groups excluding carboxylic acids is 2.